The van der Waals surface area contributed by atoms with Crippen LogP contribution in [0.2, 0.25) is 5.02 Å². The number of nitrogens with one attached hydrogen (secondary N) is 2. The average Bonchev–Trinajstić information content (AvgIpc) is 3.14. The molecule has 0 saturated carbocycles. The van der Waals surface area contributed by atoms with Gasteiger partial charge in [0.15, 0.2) is 5.96 Å². The van der Waals surface area contributed by atoms with Crippen LogP contribution >= 0.6 is 11.6 Å². The molecule has 156 valence electrons. The number of likely N-dealkylation sites (N-methyl/N-ethyl adjacent to an activating group) is 1. The molecule has 1 atom stereocenters. The van der Waals surface area contributed by atoms with Crippen LogP contribution in [-0.4, -0.2) is 70.2 Å². The Kier molecular flexibility index (Phi) is 8.70. The van der Waals surface area contributed by atoms with Gasteiger partial charge in [-0.15, -0.1) is 0 Å². The number of guanidine groups is 1. The summed E-state index contributed by atoms with van der Waals surface area (Å²) in [5.74, 6) is 1.48. The number of halogens is 1. The predicted molar refractivity (Wildman–Crippen MR) is 116 cm³/mol. The van der Waals surface area contributed by atoms with E-state index in [-0.39, 0.29) is 18.5 Å². The van der Waals surface area contributed by atoms with E-state index in [4.69, 9.17) is 16.3 Å². The highest BCUT2D eigenvalue weighted by molar-refractivity contribution is 6.30. The molecule has 0 aliphatic carbocycles. The number of methoxy groups -OCH3 is 1. The minimum atomic E-state index is -0.0201. The van der Waals surface area contributed by atoms with Crippen LogP contribution in [0.3, 0.4) is 0 Å². The molecule has 1 fully saturated rings. The number of carbonyl (C=O) groups is 1. The van der Waals surface area contributed by atoms with Gasteiger partial charge in [-0.2, -0.15) is 0 Å². The first-order valence-corrected chi connectivity index (χ1v) is 10.2. The van der Waals surface area contributed by atoms with Gasteiger partial charge in [0, 0.05) is 44.8 Å². The second kappa shape index (κ2) is 11.0. The summed E-state index contributed by atoms with van der Waals surface area (Å²) in [6, 6.07) is 5.89. The molecule has 1 heterocycles. The van der Waals surface area contributed by atoms with E-state index in [2.05, 4.69) is 27.4 Å². The number of unbranched alkanes of at least 4 members (excludes halogenated alkanes) is 1. The van der Waals surface area contributed by atoms with Crippen molar-refractivity contribution < 1.29 is 9.53 Å². The lowest BCUT2D eigenvalue weighted by molar-refractivity contribution is -0.127. The molecule has 1 aromatic carbocycles. The summed E-state index contributed by atoms with van der Waals surface area (Å²) in [4.78, 5) is 20.2. The lowest BCUT2D eigenvalue weighted by atomic mass is 10.2. The van der Waals surface area contributed by atoms with Crippen molar-refractivity contribution in [1.29, 1.82) is 0 Å². The topological polar surface area (TPSA) is 69.2 Å². The standard InChI is InChI=1S/C20H32ClN5O2/c1-5-6-10-22-20(23-13-19(27)25(2)3)24-16-9-11-26(14-16)17-12-15(21)7-8-18(17)28-4/h7-8,12,16H,5-6,9-11,13-14H2,1-4H3,(H2,22,23,24). The van der Waals surface area contributed by atoms with Crippen molar-refractivity contribution in [1.82, 2.24) is 15.5 Å². The van der Waals surface area contributed by atoms with Crippen LogP contribution in [0, 0.1) is 0 Å². The Labute approximate surface area is 173 Å². The summed E-state index contributed by atoms with van der Waals surface area (Å²) < 4.78 is 5.48. The SMILES string of the molecule is CCCCNC(=NCC(=O)N(C)C)NC1CCN(c2cc(Cl)ccc2OC)C1. The van der Waals surface area contributed by atoms with Gasteiger partial charge in [-0.05, 0) is 31.0 Å². The Hall–Kier alpha value is -2.15. The first kappa shape index (κ1) is 22.1. The maximum atomic E-state index is 11.9. The van der Waals surface area contributed by atoms with Crippen LogP contribution in [0.5, 0.6) is 5.75 Å². The van der Waals surface area contributed by atoms with Crippen molar-refractivity contribution in [3.63, 3.8) is 0 Å². The van der Waals surface area contributed by atoms with Crippen LogP contribution in [0.1, 0.15) is 26.2 Å². The first-order chi connectivity index (χ1) is 13.4. The Balaban J connectivity index is 2.02. The number of carbonyl (C=O) groups excluding carboxylic acids is 1. The second-order valence-corrected chi connectivity index (χ2v) is 7.56. The van der Waals surface area contributed by atoms with E-state index in [0.29, 0.717) is 11.0 Å². The fourth-order valence-electron chi connectivity index (χ4n) is 3.02. The molecule has 0 bridgehead atoms. The van der Waals surface area contributed by atoms with Gasteiger partial charge in [0.2, 0.25) is 5.91 Å². The summed E-state index contributed by atoms with van der Waals surface area (Å²) >= 11 is 6.18. The van der Waals surface area contributed by atoms with Crippen LogP contribution in [-0.2, 0) is 4.79 Å². The van der Waals surface area contributed by atoms with Crippen molar-refractivity contribution >= 4 is 29.2 Å². The number of nitrogens with zero attached hydrogens (tertiary/aromatic N) is 3. The molecule has 8 heteroatoms. The number of hydrogen-bond donors (Lipinski definition) is 2. The quantitative estimate of drug-likeness (QED) is 0.392. The van der Waals surface area contributed by atoms with E-state index >= 15 is 0 Å². The van der Waals surface area contributed by atoms with Crippen LogP contribution < -0.4 is 20.3 Å². The van der Waals surface area contributed by atoms with E-state index in [1.165, 1.54) is 0 Å². The number of hydrogen-bond acceptors (Lipinski definition) is 4. The van der Waals surface area contributed by atoms with Gasteiger partial charge in [-0.3, -0.25) is 4.79 Å². The van der Waals surface area contributed by atoms with Crippen molar-refractivity contribution in [3.05, 3.63) is 23.2 Å². The molecule has 2 rings (SSSR count). The van der Waals surface area contributed by atoms with Crippen molar-refractivity contribution in [2.24, 2.45) is 4.99 Å². The number of rotatable bonds is 8. The Morgan fingerprint density at radius 3 is 2.89 bits per heavy atom. The van der Waals surface area contributed by atoms with Crippen molar-refractivity contribution in [2.45, 2.75) is 32.2 Å². The maximum absolute atomic E-state index is 11.9. The summed E-state index contributed by atoms with van der Waals surface area (Å²) in [6.45, 7) is 4.82. The first-order valence-electron chi connectivity index (χ1n) is 9.78. The molecule has 0 aromatic heterocycles. The molecule has 0 spiro atoms. The van der Waals surface area contributed by atoms with Crippen molar-refractivity contribution in [2.75, 3.05) is 52.3 Å². The fourth-order valence-corrected chi connectivity index (χ4v) is 3.19. The molecule has 2 N–H and O–H groups in total. The maximum Gasteiger partial charge on any atom is 0.243 e. The zero-order valence-corrected chi connectivity index (χ0v) is 18.1. The van der Waals surface area contributed by atoms with Gasteiger partial charge in [-0.1, -0.05) is 24.9 Å². The number of aliphatic imine (C=N–C) groups is 1. The Morgan fingerprint density at radius 1 is 1.43 bits per heavy atom. The minimum Gasteiger partial charge on any atom is -0.495 e. The van der Waals surface area contributed by atoms with E-state index in [9.17, 15) is 4.79 Å². The third-order valence-corrected chi connectivity index (χ3v) is 4.94. The molecule has 7 nitrogen and oxygen atoms in total. The van der Waals surface area contributed by atoms with Crippen LogP contribution in [0.4, 0.5) is 5.69 Å². The third-order valence-electron chi connectivity index (χ3n) is 4.70. The largest absolute Gasteiger partial charge is 0.495 e. The lowest BCUT2D eigenvalue weighted by Crippen LogP contribution is -2.45. The van der Waals surface area contributed by atoms with Crippen LogP contribution in [0.25, 0.3) is 0 Å². The van der Waals surface area contributed by atoms with Gasteiger partial charge in [-0.25, -0.2) is 4.99 Å². The average molecular weight is 410 g/mol. The summed E-state index contributed by atoms with van der Waals surface area (Å²) in [6.07, 6.45) is 3.12. The third kappa shape index (κ3) is 6.48. The van der Waals surface area contributed by atoms with Gasteiger partial charge in [0.05, 0.1) is 12.8 Å². The molecule has 1 amide bonds. The van der Waals surface area contributed by atoms with E-state index in [0.717, 1.165) is 50.3 Å². The normalized spacial score (nSPS) is 16.8. The van der Waals surface area contributed by atoms with Gasteiger partial charge in [0.25, 0.3) is 0 Å². The zero-order valence-electron chi connectivity index (χ0n) is 17.3. The van der Waals surface area contributed by atoms with E-state index < -0.39 is 0 Å². The molecule has 1 aliphatic heterocycles. The highest BCUT2D eigenvalue weighted by atomic mass is 35.5. The molecule has 0 radical (unpaired) electrons. The van der Waals surface area contributed by atoms with Gasteiger partial charge < -0.3 is 25.2 Å². The van der Waals surface area contributed by atoms with Crippen molar-refractivity contribution in [3.8, 4) is 5.75 Å². The molecular weight excluding hydrogens is 378 g/mol. The highest BCUT2D eigenvalue weighted by Crippen LogP contribution is 2.33. The minimum absolute atomic E-state index is 0.0201. The second-order valence-electron chi connectivity index (χ2n) is 7.13. The Morgan fingerprint density at radius 2 is 2.21 bits per heavy atom. The van der Waals surface area contributed by atoms with E-state index in [1.807, 2.05) is 18.2 Å². The molecule has 1 unspecified atom stereocenters. The molecule has 1 saturated heterocycles. The molecular formula is C20H32ClN5O2. The number of benzene rings is 1. The lowest BCUT2D eigenvalue weighted by Gasteiger charge is -2.22. The smallest absolute Gasteiger partial charge is 0.243 e. The summed E-state index contributed by atoms with van der Waals surface area (Å²) in [5, 5.41) is 7.50. The highest BCUT2D eigenvalue weighted by Gasteiger charge is 2.25. The predicted octanol–water partition coefficient (Wildman–Crippen LogP) is 2.35. The fraction of sp³-hybridized carbons (Fsp3) is 0.600. The van der Waals surface area contributed by atoms with E-state index in [1.54, 1.807) is 26.1 Å². The molecule has 1 aliphatic rings. The van der Waals surface area contributed by atoms with Gasteiger partial charge in [0.1, 0.15) is 12.3 Å². The summed E-state index contributed by atoms with van der Waals surface area (Å²) in [5.41, 5.74) is 1.000. The number of anilines is 1. The number of amides is 1. The van der Waals surface area contributed by atoms with Gasteiger partial charge >= 0.3 is 0 Å². The summed E-state index contributed by atoms with van der Waals surface area (Å²) in [7, 11) is 5.15. The molecule has 1 aromatic rings. The van der Waals surface area contributed by atoms with Crippen LogP contribution in [0.15, 0.2) is 23.2 Å². The molecule has 28 heavy (non-hydrogen) atoms. The Bertz CT molecular complexity index is 681. The number of ether oxygens (including phenoxy) is 1. The monoisotopic (exact) mass is 409 g/mol. The zero-order chi connectivity index (χ0) is 20.5.